The Labute approximate surface area is 184 Å². The molecule has 1 aliphatic heterocycles. The molecule has 1 saturated heterocycles. The summed E-state index contributed by atoms with van der Waals surface area (Å²) in [6.07, 6.45) is 3.04. The summed E-state index contributed by atoms with van der Waals surface area (Å²) in [7, 11) is -3.46. The van der Waals surface area contributed by atoms with Crippen LogP contribution in [0.1, 0.15) is 24.8 Å². The Morgan fingerprint density at radius 3 is 2.31 bits per heavy atom. The second kappa shape index (κ2) is 8.47. The minimum atomic E-state index is -3.46. The van der Waals surface area contributed by atoms with Crippen molar-refractivity contribution in [2.75, 3.05) is 32.7 Å². The van der Waals surface area contributed by atoms with Crippen LogP contribution >= 0.6 is 27.3 Å². The van der Waals surface area contributed by atoms with Gasteiger partial charge < -0.3 is 5.32 Å². The number of carbonyl (C=O) groups is 1. The number of carbonyl (C=O) groups excluding carboxylic acids is 1. The smallest absolute Gasteiger partial charge is 0.252 e. The minimum absolute atomic E-state index is 0.00653. The van der Waals surface area contributed by atoms with Crippen LogP contribution in [0.15, 0.2) is 50.5 Å². The molecular weight excluding hydrogens is 474 g/mol. The molecule has 1 aliphatic carbocycles. The molecule has 156 valence electrons. The molecule has 1 N–H and O–H groups in total. The Hall–Kier alpha value is -1.26. The van der Waals surface area contributed by atoms with Crippen molar-refractivity contribution in [3.8, 4) is 0 Å². The lowest BCUT2D eigenvalue weighted by atomic mass is 9.72. The van der Waals surface area contributed by atoms with Gasteiger partial charge in [-0.25, -0.2) is 8.42 Å². The number of amides is 1. The van der Waals surface area contributed by atoms with E-state index in [0.29, 0.717) is 36.9 Å². The SMILES string of the molecule is O=C(CN1CCN(S(=O)(=O)c2ccc(Br)s2)CC1)NC1(c2ccccc2)CCC1. The molecule has 2 aliphatic rings. The summed E-state index contributed by atoms with van der Waals surface area (Å²) in [4.78, 5) is 14.7. The maximum atomic E-state index is 12.7. The highest BCUT2D eigenvalue weighted by molar-refractivity contribution is 9.11. The predicted octanol–water partition coefficient (Wildman–Crippen LogP) is 3.01. The van der Waals surface area contributed by atoms with Crippen molar-refractivity contribution in [3.63, 3.8) is 0 Å². The number of hydrogen-bond acceptors (Lipinski definition) is 5. The van der Waals surface area contributed by atoms with E-state index in [1.807, 2.05) is 23.1 Å². The Morgan fingerprint density at radius 1 is 1.07 bits per heavy atom. The number of piperazine rings is 1. The molecular formula is C20H24BrN3O3S2. The first kappa shape index (κ1) is 21.0. The molecule has 0 radical (unpaired) electrons. The number of thiophene rings is 1. The van der Waals surface area contributed by atoms with Gasteiger partial charge in [-0.15, -0.1) is 11.3 Å². The second-order valence-corrected chi connectivity index (χ2v) is 12.2. The van der Waals surface area contributed by atoms with Crippen LogP contribution in [0.4, 0.5) is 0 Å². The van der Waals surface area contributed by atoms with Gasteiger partial charge in [-0.2, -0.15) is 4.31 Å². The van der Waals surface area contributed by atoms with Gasteiger partial charge in [-0.1, -0.05) is 30.3 Å². The van der Waals surface area contributed by atoms with Gasteiger partial charge in [-0.05, 0) is 52.9 Å². The lowest BCUT2D eigenvalue weighted by molar-refractivity contribution is -0.125. The van der Waals surface area contributed by atoms with Gasteiger partial charge >= 0.3 is 0 Å². The van der Waals surface area contributed by atoms with Crippen molar-refractivity contribution < 1.29 is 13.2 Å². The molecule has 1 aromatic heterocycles. The Bertz CT molecular complexity index is 966. The van der Waals surface area contributed by atoms with Gasteiger partial charge in [0.1, 0.15) is 4.21 Å². The lowest BCUT2D eigenvalue weighted by Crippen LogP contribution is -2.55. The third-order valence-corrected chi connectivity index (χ3v) is 9.74. The van der Waals surface area contributed by atoms with Gasteiger partial charge in [0.15, 0.2) is 0 Å². The number of hydrogen-bond donors (Lipinski definition) is 1. The summed E-state index contributed by atoms with van der Waals surface area (Å²) >= 11 is 4.54. The van der Waals surface area contributed by atoms with E-state index >= 15 is 0 Å². The molecule has 9 heteroatoms. The zero-order valence-corrected chi connectivity index (χ0v) is 19.2. The zero-order chi connectivity index (χ0) is 20.5. The largest absolute Gasteiger partial charge is 0.345 e. The first-order valence-electron chi connectivity index (χ1n) is 9.73. The summed E-state index contributed by atoms with van der Waals surface area (Å²) in [5.74, 6) is 0.00653. The van der Waals surface area contributed by atoms with Crippen LogP contribution in [-0.2, 0) is 20.4 Å². The Morgan fingerprint density at radius 2 is 1.76 bits per heavy atom. The van der Waals surface area contributed by atoms with E-state index in [1.165, 1.54) is 15.6 Å². The minimum Gasteiger partial charge on any atom is -0.345 e. The fraction of sp³-hybridized carbons (Fsp3) is 0.450. The summed E-state index contributed by atoms with van der Waals surface area (Å²) < 4.78 is 28.1. The fourth-order valence-electron chi connectivity index (χ4n) is 3.97. The van der Waals surface area contributed by atoms with Crippen molar-refractivity contribution in [3.05, 3.63) is 51.8 Å². The molecule has 2 heterocycles. The molecule has 2 aromatic rings. The molecule has 1 amide bonds. The molecule has 0 atom stereocenters. The molecule has 1 aromatic carbocycles. The summed E-state index contributed by atoms with van der Waals surface area (Å²) in [6, 6.07) is 13.5. The summed E-state index contributed by atoms with van der Waals surface area (Å²) in [6.45, 7) is 2.20. The van der Waals surface area contributed by atoms with Gasteiger partial charge in [0, 0.05) is 26.2 Å². The summed E-state index contributed by atoms with van der Waals surface area (Å²) in [5.41, 5.74) is 0.924. The molecule has 4 rings (SSSR count). The first-order valence-corrected chi connectivity index (χ1v) is 12.8. The van der Waals surface area contributed by atoms with Gasteiger partial charge in [-0.3, -0.25) is 9.69 Å². The monoisotopic (exact) mass is 497 g/mol. The predicted molar refractivity (Wildman–Crippen MR) is 117 cm³/mol. The van der Waals surface area contributed by atoms with Crippen LogP contribution in [0.25, 0.3) is 0 Å². The highest BCUT2D eigenvalue weighted by Gasteiger charge is 2.40. The van der Waals surface area contributed by atoms with Crippen LogP contribution in [0.3, 0.4) is 0 Å². The standard InChI is InChI=1S/C20H24BrN3O3S2/c21-17-7-8-19(28-17)29(26,27)24-13-11-23(12-14-24)15-18(25)22-20(9-4-10-20)16-5-2-1-3-6-16/h1-3,5-8H,4,9-15H2,(H,22,25). The third kappa shape index (κ3) is 4.44. The number of halogens is 1. The van der Waals surface area contributed by atoms with E-state index < -0.39 is 10.0 Å². The number of benzene rings is 1. The molecule has 6 nitrogen and oxygen atoms in total. The third-order valence-electron chi connectivity index (χ3n) is 5.75. The van der Waals surface area contributed by atoms with E-state index in [-0.39, 0.29) is 11.4 Å². The van der Waals surface area contributed by atoms with E-state index in [9.17, 15) is 13.2 Å². The Kier molecular flexibility index (Phi) is 6.13. The fourth-order valence-corrected chi connectivity index (χ4v) is 7.56. The van der Waals surface area contributed by atoms with E-state index in [4.69, 9.17) is 0 Å². The van der Waals surface area contributed by atoms with Gasteiger partial charge in [0.05, 0.1) is 15.9 Å². The normalized spacial score (nSPS) is 20.2. The van der Waals surface area contributed by atoms with Crippen molar-refractivity contribution in [1.29, 1.82) is 0 Å². The van der Waals surface area contributed by atoms with E-state index in [1.54, 1.807) is 12.1 Å². The Balaban J connectivity index is 1.32. The average molecular weight is 498 g/mol. The van der Waals surface area contributed by atoms with Crippen LogP contribution in [0.2, 0.25) is 0 Å². The van der Waals surface area contributed by atoms with Crippen LogP contribution < -0.4 is 5.32 Å². The highest BCUT2D eigenvalue weighted by atomic mass is 79.9. The first-order chi connectivity index (χ1) is 13.9. The highest BCUT2D eigenvalue weighted by Crippen LogP contribution is 2.41. The molecule has 2 fully saturated rings. The van der Waals surface area contributed by atoms with Crippen molar-refractivity contribution in [1.82, 2.24) is 14.5 Å². The van der Waals surface area contributed by atoms with Crippen LogP contribution in [0.5, 0.6) is 0 Å². The zero-order valence-electron chi connectivity index (χ0n) is 16.0. The molecule has 0 spiro atoms. The maximum Gasteiger partial charge on any atom is 0.252 e. The quantitative estimate of drug-likeness (QED) is 0.665. The maximum absolute atomic E-state index is 12.7. The van der Waals surface area contributed by atoms with E-state index in [2.05, 4.69) is 33.4 Å². The number of rotatable bonds is 6. The molecule has 1 saturated carbocycles. The molecule has 0 bridgehead atoms. The number of nitrogens with zero attached hydrogens (tertiary/aromatic N) is 2. The van der Waals surface area contributed by atoms with Gasteiger partial charge in [0.2, 0.25) is 5.91 Å². The van der Waals surface area contributed by atoms with E-state index in [0.717, 1.165) is 28.6 Å². The van der Waals surface area contributed by atoms with Gasteiger partial charge in [0.25, 0.3) is 10.0 Å². The van der Waals surface area contributed by atoms with Crippen molar-refractivity contribution >= 4 is 43.2 Å². The van der Waals surface area contributed by atoms with Crippen LogP contribution in [0, 0.1) is 0 Å². The second-order valence-electron chi connectivity index (χ2n) is 7.59. The topological polar surface area (TPSA) is 69.7 Å². The van der Waals surface area contributed by atoms with Crippen molar-refractivity contribution in [2.24, 2.45) is 0 Å². The van der Waals surface area contributed by atoms with Crippen LogP contribution in [-0.4, -0.2) is 56.3 Å². The molecule has 0 unspecified atom stereocenters. The number of nitrogens with one attached hydrogen (secondary N) is 1. The molecule has 29 heavy (non-hydrogen) atoms. The number of sulfonamides is 1. The lowest BCUT2D eigenvalue weighted by Gasteiger charge is -2.43. The van der Waals surface area contributed by atoms with Crippen molar-refractivity contribution in [2.45, 2.75) is 29.0 Å². The summed E-state index contributed by atoms with van der Waals surface area (Å²) in [5, 5.41) is 3.25. The average Bonchev–Trinajstić information content (AvgIpc) is 3.13.